The number of β-amino-alcohol motifs (C(OH)–C–C–N with tert-alkyl or cyclic N) is 1. The van der Waals surface area contributed by atoms with Crippen LogP contribution in [0.1, 0.15) is 12.0 Å². The molecule has 3 rings (SSSR count). The van der Waals surface area contributed by atoms with Crippen LogP contribution in [0.25, 0.3) is 11.3 Å². The van der Waals surface area contributed by atoms with Gasteiger partial charge in [0.2, 0.25) is 5.91 Å². The second kappa shape index (κ2) is 5.93. The van der Waals surface area contributed by atoms with E-state index in [1.54, 1.807) is 0 Å². The summed E-state index contributed by atoms with van der Waals surface area (Å²) in [4.78, 5) is 16.5. The van der Waals surface area contributed by atoms with Crippen molar-refractivity contribution < 1.29 is 9.90 Å². The summed E-state index contributed by atoms with van der Waals surface area (Å²) in [6, 6.07) is 7.68. The molecule has 0 spiro atoms. The number of carbonyl (C=O) groups excluding carboxylic acids is 1. The second-order valence-corrected chi connectivity index (χ2v) is 6.05. The van der Waals surface area contributed by atoms with Crippen molar-refractivity contribution in [2.75, 3.05) is 11.9 Å². The Morgan fingerprint density at radius 3 is 3.00 bits per heavy atom. The van der Waals surface area contributed by atoms with Crippen molar-refractivity contribution in [3.8, 4) is 11.3 Å². The Kier molecular flexibility index (Phi) is 4.01. The molecule has 1 aromatic heterocycles. The standard InChI is InChI=1S/C15H17N3O2S/c1-9-4-2-3-5-11(9)13-8-21-15(17-13)18-14(20)12-6-10(19)7-16-12/h2-5,8,10,12,16,19H,6-7H2,1H3,(H,17,18,20). The molecule has 2 heterocycles. The minimum absolute atomic E-state index is 0.141. The molecular formula is C15H17N3O2S. The van der Waals surface area contributed by atoms with Gasteiger partial charge in [-0.2, -0.15) is 0 Å². The minimum atomic E-state index is -0.445. The SMILES string of the molecule is Cc1ccccc1-c1csc(NC(=O)C2CC(O)CN2)n1. The van der Waals surface area contributed by atoms with Gasteiger partial charge in [-0.15, -0.1) is 11.3 Å². The number of aryl methyl sites for hydroxylation is 1. The maximum absolute atomic E-state index is 12.1. The summed E-state index contributed by atoms with van der Waals surface area (Å²) < 4.78 is 0. The number of amides is 1. The molecule has 3 N–H and O–H groups in total. The number of hydrogen-bond acceptors (Lipinski definition) is 5. The van der Waals surface area contributed by atoms with Crippen molar-refractivity contribution in [1.29, 1.82) is 0 Å². The van der Waals surface area contributed by atoms with Gasteiger partial charge in [-0.1, -0.05) is 24.3 Å². The molecule has 1 saturated heterocycles. The molecule has 0 saturated carbocycles. The summed E-state index contributed by atoms with van der Waals surface area (Å²) in [5, 5.41) is 17.8. The zero-order chi connectivity index (χ0) is 14.8. The van der Waals surface area contributed by atoms with E-state index < -0.39 is 6.10 Å². The summed E-state index contributed by atoms with van der Waals surface area (Å²) in [7, 11) is 0. The first-order valence-corrected chi connectivity index (χ1v) is 7.75. The third-order valence-corrected chi connectivity index (χ3v) is 4.34. The number of benzene rings is 1. The molecule has 1 fully saturated rings. The fourth-order valence-electron chi connectivity index (χ4n) is 2.42. The number of aliphatic hydroxyl groups is 1. The lowest BCUT2D eigenvalue weighted by molar-refractivity contribution is -0.117. The number of carbonyl (C=O) groups is 1. The third-order valence-electron chi connectivity index (χ3n) is 3.58. The van der Waals surface area contributed by atoms with Crippen molar-refractivity contribution in [2.45, 2.75) is 25.5 Å². The van der Waals surface area contributed by atoms with Gasteiger partial charge >= 0.3 is 0 Å². The van der Waals surface area contributed by atoms with Crippen LogP contribution >= 0.6 is 11.3 Å². The van der Waals surface area contributed by atoms with Gasteiger partial charge in [-0.05, 0) is 18.9 Å². The van der Waals surface area contributed by atoms with E-state index in [4.69, 9.17) is 0 Å². The van der Waals surface area contributed by atoms with Crippen LogP contribution in [0, 0.1) is 6.92 Å². The summed E-state index contributed by atoms with van der Waals surface area (Å²) in [6.07, 6.45) is 0.00145. The van der Waals surface area contributed by atoms with Crippen LogP contribution in [0.4, 0.5) is 5.13 Å². The van der Waals surface area contributed by atoms with E-state index in [1.807, 2.05) is 36.6 Å². The van der Waals surface area contributed by atoms with Crippen molar-refractivity contribution >= 4 is 22.4 Å². The van der Waals surface area contributed by atoms with E-state index in [0.717, 1.165) is 16.8 Å². The Balaban J connectivity index is 1.71. The number of aromatic nitrogens is 1. The Morgan fingerprint density at radius 2 is 2.29 bits per heavy atom. The van der Waals surface area contributed by atoms with Crippen LogP contribution in [0.2, 0.25) is 0 Å². The first-order chi connectivity index (χ1) is 10.1. The van der Waals surface area contributed by atoms with Gasteiger partial charge in [0.1, 0.15) is 0 Å². The van der Waals surface area contributed by atoms with Crippen molar-refractivity contribution in [2.24, 2.45) is 0 Å². The van der Waals surface area contributed by atoms with Gasteiger partial charge in [0.25, 0.3) is 0 Å². The highest BCUT2D eigenvalue weighted by Crippen LogP contribution is 2.27. The van der Waals surface area contributed by atoms with Gasteiger partial charge < -0.3 is 15.7 Å². The molecular weight excluding hydrogens is 286 g/mol. The van der Waals surface area contributed by atoms with Crippen LogP contribution in [0.5, 0.6) is 0 Å². The molecule has 5 nitrogen and oxygen atoms in total. The first-order valence-electron chi connectivity index (χ1n) is 6.87. The average molecular weight is 303 g/mol. The first kappa shape index (κ1) is 14.2. The quantitative estimate of drug-likeness (QED) is 0.808. The summed E-state index contributed by atoms with van der Waals surface area (Å²) in [5.74, 6) is -0.141. The second-order valence-electron chi connectivity index (χ2n) is 5.19. The molecule has 1 aromatic carbocycles. The fourth-order valence-corrected chi connectivity index (χ4v) is 3.14. The zero-order valence-corrected chi connectivity index (χ0v) is 12.5. The zero-order valence-electron chi connectivity index (χ0n) is 11.7. The number of nitrogens with one attached hydrogen (secondary N) is 2. The number of thiazole rings is 1. The lowest BCUT2D eigenvalue weighted by atomic mass is 10.1. The molecule has 6 heteroatoms. The average Bonchev–Trinajstić information content (AvgIpc) is 3.08. The topological polar surface area (TPSA) is 74.2 Å². The van der Waals surface area contributed by atoms with Gasteiger partial charge in [-0.3, -0.25) is 4.79 Å². The lowest BCUT2D eigenvalue weighted by Crippen LogP contribution is -2.35. The van der Waals surface area contributed by atoms with Gasteiger partial charge in [-0.25, -0.2) is 4.98 Å². The highest BCUT2D eigenvalue weighted by atomic mass is 32.1. The van der Waals surface area contributed by atoms with Crippen LogP contribution in [-0.4, -0.2) is 34.7 Å². The molecule has 0 aliphatic carbocycles. The molecule has 1 amide bonds. The number of nitrogens with zero attached hydrogens (tertiary/aromatic N) is 1. The van der Waals surface area contributed by atoms with Gasteiger partial charge in [0.05, 0.1) is 17.8 Å². The molecule has 0 bridgehead atoms. The minimum Gasteiger partial charge on any atom is -0.392 e. The highest BCUT2D eigenvalue weighted by molar-refractivity contribution is 7.14. The van der Waals surface area contributed by atoms with E-state index in [0.29, 0.717) is 18.1 Å². The van der Waals surface area contributed by atoms with E-state index in [-0.39, 0.29) is 11.9 Å². The van der Waals surface area contributed by atoms with E-state index in [2.05, 4.69) is 15.6 Å². The lowest BCUT2D eigenvalue weighted by Gasteiger charge is -2.08. The number of anilines is 1. The summed E-state index contributed by atoms with van der Waals surface area (Å²) in [6.45, 7) is 2.50. The molecule has 2 unspecified atom stereocenters. The van der Waals surface area contributed by atoms with Crippen LogP contribution < -0.4 is 10.6 Å². The van der Waals surface area contributed by atoms with Gasteiger partial charge in [0, 0.05) is 17.5 Å². The molecule has 1 aliphatic rings. The predicted molar refractivity (Wildman–Crippen MR) is 83.3 cm³/mol. The van der Waals surface area contributed by atoms with Gasteiger partial charge in [0.15, 0.2) is 5.13 Å². The normalized spacial score (nSPS) is 21.4. The fraction of sp³-hybridized carbons (Fsp3) is 0.333. The smallest absolute Gasteiger partial charge is 0.243 e. The maximum Gasteiger partial charge on any atom is 0.243 e. The number of hydrogen-bond donors (Lipinski definition) is 3. The Morgan fingerprint density at radius 1 is 1.48 bits per heavy atom. The Bertz CT molecular complexity index is 656. The number of rotatable bonds is 3. The molecule has 2 aromatic rings. The monoisotopic (exact) mass is 303 g/mol. The Hall–Kier alpha value is -1.76. The molecule has 21 heavy (non-hydrogen) atoms. The third kappa shape index (κ3) is 3.12. The largest absolute Gasteiger partial charge is 0.392 e. The molecule has 1 aliphatic heterocycles. The predicted octanol–water partition coefficient (Wildman–Crippen LogP) is 1.78. The summed E-state index contributed by atoms with van der Waals surface area (Å²) in [5.41, 5.74) is 3.10. The van der Waals surface area contributed by atoms with Crippen LogP contribution in [0.15, 0.2) is 29.6 Å². The molecule has 2 atom stereocenters. The van der Waals surface area contributed by atoms with E-state index in [1.165, 1.54) is 11.3 Å². The van der Waals surface area contributed by atoms with Crippen molar-refractivity contribution in [3.05, 3.63) is 35.2 Å². The van der Waals surface area contributed by atoms with Crippen LogP contribution in [0.3, 0.4) is 0 Å². The molecule has 110 valence electrons. The van der Waals surface area contributed by atoms with Crippen molar-refractivity contribution in [1.82, 2.24) is 10.3 Å². The molecule has 0 radical (unpaired) electrons. The number of aliphatic hydroxyl groups excluding tert-OH is 1. The summed E-state index contributed by atoms with van der Waals surface area (Å²) >= 11 is 1.41. The van der Waals surface area contributed by atoms with E-state index in [9.17, 15) is 9.90 Å². The van der Waals surface area contributed by atoms with E-state index >= 15 is 0 Å². The van der Waals surface area contributed by atoms with Crippen LogP contribution in [-0.2, 0) is 4.79 Å². The highest BCUT2D eigenvalue weighted by Gasteiger charge is 2.28. The maximum atomic E-state index is 12.1. The van der Waals surface area contributed by atoms with Crippen molar-refractivity contribution in [3.63, 3.8) is 0 Å². The Labute approximate surface area is 127 Å².